The minimum absolute atomic E-state index is 0.107. The van der Waals surface area contributed by atoms with Gasteiger partial charge in [-0.2, -0.15) is 0 Å². The van der Waals surface area contributed by atoms with E-state index in [1.165, 1.54) is 0 Å². The van der Waals surface area contributed by atoms with Crippen LogP contribution in [0.4, 0.5) is 0 Å². The van der Waals surface area contributed by atoms with Crippen LogP contribution in [0.2, 0.25) is 18.1 Å². The molecule has 0 spiro atoms. The molecule has 19 heavy (non-hydrogen) atoms. The van der Waals surface area contributed by atoms with E-state index in [1.807, 2.05) is 0 Å². The Hall–Kier alpha value is -0.123. The third-order valence-electron chi connectivity index (χ3n) is 4.43. The zero-order chi connectivity index (χ0) is 15.4. The molecule has 2 nitrogen and oxygen atoms in total. The van der Waals surface area contributed by atoms with Gasteiger partial charge in [-0.3, -0.25) is 0 Å². The molecular weight excluding hydrogens is 252 g/mol. The minimum atomic E-state index is -1.80. The van der Waals surface area contributed by atoms with Crippen LogP contribution in [-0.2, 0) is 4.43 Å². The zero-order valence-corrected chi connectivity index (χ0v) is 15.2. The summed E-state index contributed by atoms with van der Waals surface area (Å²) >= 11 is 0. The molecule has 0 aromatic carbocycles. The van der Waals surface area contributed by atoms with Crippen molar-refractivity contribution in [1.82, 2.24) is 0 Å². The summed E-state index contributed by atoms with van der Waals surface area (Å²) in [7, 11) is -1.80. The molecule has 0 aliphatic heterocycles. The van der Waals surface area contributed by atoms with E-state index >= 15 is 0 Å². The van der Waals surface area contributed by atoms with Crippen molar-refractivity contribution < 1.29 is 9.53 Å². The van der Waals surface area contributed by atoms with Crippen molar-refractivity contribution in [2.75, 3.05) is 0 Å². The highest BCUT2D eigenvalue weighted by Gasteiger charge is 2.41. The molecule has 114 valence electrons. The van der Waals surface area contributed by atoms with Crippen LogP contribution in [0.3, 0.4) is 0 Å². The monoisotopic (exact) mass is 286 g/mol. The summed E-state index contributed by atoms with van der Waals surface area (Å²) in [5, 5.41) is 10.4. The fraction of sp³-hybridized carbons (Fsp3) is 0.875. The molecule has 3 heteroatoms. The quantitative estimate of drug-likeness (QED) is 0.547. The molecule has 0 bridgehead atoms. The molecule has 1 N–H and O–H groups in total. The normalized spacial score (nSPS) is 18.2. The van der Waals surface area contributed by atoms with Gasteiger partial charge in [0.15, 0.2) is 8.32 Å². The van der Waals surface area contributed by atoms with E-state index in [1.54, 1.807) is 6.08 Å². The van der Waals surface area contributed by atoms with Crippen LogP contribution >= 0.6 is 0 Å². The van der Waals surface area contributed by atoms with E-state index in [2.05, 4.69) is 61.2 Å². The Labute approximate surface area is 121 Å². The molecule has 0 aromatic heterocycles. The molecule has 0 saturated carbocycles. The van der Waals surface area contributed by atoms with Gasteiger partial charge < -0.3 is 9.53 Å². The predicted octanol–water partition coefficient (Wildman–Crippen LogP) is 4.61. The van der Waals surface area contributed by atoms with Crippen LogP contribution < -0.4 is 0 Å². The molecule has 0 fully saturated rings. The minimum Gasteiger partial charge on any atom is -0.413 e. The molecule has 0 amide bonds. The highest BCUT2D eigenvalue weighted by molar-refractivity contribution is 6.74. The summed E-state index contributed by atoms with van der Waals surface area (Å²) in [5.74, 6) is 0.538. The van der Waals surface area contributed by atoms with E-state index < -0.39 is 8.32 Å². The number of aliphatic hydroxyl groups excluding tert-OH is 1. The first-order valence-electron chi connectivity index (χ1n) is 7.40. The average Bonchev–Trinajstić information content (AvgIpc) is 2.23. The fourth-order valence-electron chi connectivity index (χ4n) is 1.97. The maximum atomic E-state index is 10.2. The second kappa shape index (κ2) is 7.05. The van der Waals surface area contributed by atoms with Gasteiger partial charge in [-0.1, -0.05) is 47.6 Å². The number of hydrogen-bond donors (Lipinski definition) is 1. The summed E-state index contributed by atoms with van der Waals surface area (Å²) < 4.78 is 6.54. The van der Waals surface area contributed by atoms with E-state index in [9.17, 15) is 5.11 Å². The van der Waals surface area contributed by atoms with Crippen molar-refractivity contribution in [1.29, 1.82) is 0 Å². The predicted molar refractivity (Wildman–Crippen MR) is 86.9 cm³/mol. The SMILES string of the molecule is C=CC[C@H](O)[C@H](C)[C@@H](O[Si](C)(C)C(C)(C)C)C(C)C. The van der Waals surface area contributed by atoms with Gasteiger partial charge in [-0.25, -0.2) is 0 Å². The van der Waals surface area contributed by atoms with Crippen LogP contribution in [0.5, 0.6) is 0 Å². The number of hydrogen-bond acceptors (Lipinski definition) is 2. The van der Waals surface area contributed by atoms with Gasteiger partial charge >= 0.3 is 0 Å². The van der Waals surface area contributed by atoms with E-state index in [0.29, 0.717) is 12.3 Å². The van der Waals surface area contributed by atoms with E-state index in [-0.39, 0.29) is 23.2 Å². The Kier molecular flexibility index (Phi) is 7.00. The lowest BCUT2D eigenvalue weighted by atomic mass is 9.89. The van der Waals surface area contributed by atoms with E-state index in [0.717, 1.165) is 0 Å². The molecule has 0 saturated heterocycles. The first-order chi connectivity index (χ1) is 8.44. The summed E-state index contributed by atoms with van der Waals surface area (Å²) in [6.07, 6.45) is 2.15. The van der Waals surface area contributed by atoms with Crippen molar-refractivity contribution >= 4 is 8.32 Å². The first kappa shape index (κ1) is 18.9. The summed E-state index contributed by atoms with van der Waals surface area (Å²) in [5.41, 5.74) is 0. The Morgan fingerprint density at radius 2 is 1.68 bits per heavy atom. The highest BCUT2D eigenvalue weighted by atomic mass is 28.4. The topological polar surface area (TPSA) is 29.5 Å². The second-order valence-corrected chi connectivity index (χ2v) is 12.3. The molecule has 3 atom stereocenters. The van der Waals surface area contributed by atoms with Gasteiger partial charge in [0, 0.05) is 5.92 Å². The lowest BCUT2D eigenvalue weighted by molar-refractivity contribution is 0.00689. The van der Waals surface area contributed by atoms with Crippen molar-refractivity contribution in [2.45, 2.75) is 78.3 Å². The molecule has 0 aliphatic carbocycles. The van der Waals surface area contributed by atoms with Crippen LogP contribution in [0.25, 0.3) is 0 Å². The average molecular weight is 287 g/mol. The van der Waals surface area contributed by atoms with Gasteiger partial charge in [0.25, 0.3) is 0 Å². The number of rotatable bonds is 7. The van der Waals surface area contributed by atoms with Gasteiger partial charge in [0.1, 0.15) is 0 Å². The molecule has 0 aromatic rings. The zero-order valence-electron chi connectivity index (χ0n) is 14.2. The Balaban J connectivity index is 4.99. The molecule has 0 rings (SSSR count). The van der Waals surface area contributed by atoms with Crippen molar-refractivity contribution in [3.63, 3.8) is 0 Å². The summed E-state index contributed by atoms with van der Waals surface area (Å²) in [6, 6.07) is 0. The standard InChI is InChI=1S/C16H34O2Si/c1-10-11-14(17)13(4)15(12(2)3)18-19(8,9)16(5,6)7/h10,12-15,17H,1,11H2,2-9H3/t13-,14-,15-/m0/s1. The second-order valence-electron chi connectivity index (χ2n) is 7.54. The Morgan fingerprint density at radius 3 is 2.00 bits per heavy atom. The van der Waals surface area contributed by atoms with Crippen molar-refractivity contribution in [2.24, 2.45) is 11.8 Å². The molecule has 0 radical (unpaired) electrons. The molecule has 0 unspecified atom stereocenters. The van der Waals surface area contributed by atoms with Crippen molar-refractivity contribution in [3.8, 4) is 0 Å². The maximum absolute atomic E-state index is 10.2. The molecule has 0 aliphatic rings. The Morgan fingerprint density at radius 1 is 1.21 bits per heavy atom. The summed E-state index contributed by atoms with van der Waals surface area (Å²) in [4.78, 5) is 0. The summed E-state index contributed by atoms with van der Waals surface area (Å²) in [6.45, 7) is 21.4. The molecular formula is C16H34O2Si. The Bertz CT molecular complexity index is 279. The third-order valence-corrected chi connectivity index (χ3v) is 8.90. The van der Waals surface area contributed by atoms with Crippen LogP contribution in [-0.4, -0.2) is 25.6 Å². The van der Waals surface area contributed by atoms with Crippen LogP contribution in [0.1, 0.15) is 48.0 Å². The van der Waals surface area contributed by atoms with Gasteiger partial charge in [-0.15, -0.1) is 6.58 Å². The van der Waals surface area contributed by atoms with Gasteiger partial charge in [-0.05, 0) is 30.5 Å². The molecule has 0 heterocycles. The maximum Gasteiger partial charge on any atom is 0.192 e. The highest BCUT2D eigenvalue weighted by Crippen LogP contribution is 2.39. The first-order valence-corrected chi connectivity index (χ1v) is 10.3. The van der Waals surface area contributed by atoms with Gasteiger partial charge in [0.05, 0.1) is 12.2 Å². The van der Waals surface area contributed by atoms with Crippen LogP contribution in [0, 0.1) is 11.8 Å². The lowest BCUT2D eigenvalue weighted by Crippen LogP contribution is -2.48. The third kappa shape index (κ3) is 5.40. The van der Waals surface area contributed by atoms with Gasteiger partial charge in [0.2, 0.25) is 0 Å². The van der Waals surface area contributed by atoms with E-state index in [4.69, 9.17) is 4.43 Å². The number of aliphatic hydroxyl groups is 1. The fourth-order valence-corrected chi connectivity index (χ4v) is 3.49. The largest absolute Gasteiger partial charge is 0.413 e. The lowest BCUT2D eigenvalue weighted by Gasteiger charge is -2.43. The van der Waals surface area contributed by atoms with Crippen LogP contribution in [0.15, 0.2) is 12.7 Å². The smallest absolute Gasteiger partial charge is 0.192 e. The van der Waals surface area contributed by atoms with Crippen molar-refractivity contribution in [3.05, 3.63) is 12.7 Å².